The number of nitrogens with zero attached hydrogens (tertiary/aromatic N) is 1. The molecule has 100 valence electrons. The van der Waals surface area contributed by atoms with Gasteiger partial charge in [0.15, 0.2) is 5.13 Å². The molecule has 0 spiro atoms. The zero-order chi connectivity index (χ0) is 14.1. The van der Waals surface area contributed by atoms with Gasteiger partial charge >= 0.3 is 5.97 Å². The number of aromatic carboxylic acids is 1. The summed E-state index contributed by atoms with van der Waals surface area (Å²) in [7, 11) is 0. The summed E-state index contributed by atoms with van der Waals surface area (Å²) >= 11 is 4.98. The van der Waals surface area contributed by atoms with Gasteiger partial charge in [-0.25, -0.2) is 9.78 Å². The molecule has 1 aromatic heterocycles. The lowest BCUT2D eigenvalue weighted by Crippen LogP contribution is -1.96. The van der Waals surface area contributed by atoms with E-state index in [1.165, 1.54) is 0 Å². The van der Waals surface area contributed by atoms with Gasteiger partial charge in [-0.15, -0.1) is 0 Å². The highest BCUT2D eigenvalue weighted by Crippen LogP contribution is 2.30. The van der Waals surface area contributed by atoms with Gasteiger partial charge in [0, 0.05) is 10.2 Å². The van der Waals surface area contributed by atoms with Crippen LogP contribution in [-0.4, -0.2) is 16.1 Å². The lowest BCUT2D eigenvalue weighted by molar-refractivity contribution is 0.0697. The maximum atomic E-state index is 10.8. The van der Waals surface area contributed by atoms with Gasteiger partial charge in [0.05, 0.1) is 15.8 Å². The van der Waals surface area contributed by atoms with Crippen molar-refractivity contribution in [2.45, 2.75) is 0 Å². The van der Waals surface area contributed by atoms with Crippen molar-refractivity contribution in [2.75, 3.05) is 5.32 Å². The van der Waals surface area contributed by atoms with Crippen LogP contribution in [0.3, 0.4) is 0 Å². The summed E-state index contributed by atoms with van der Waals surface area (Å²) in [5, 5.41) is 12.8. The first-order chi connectivity index (χ1) is 9.61. The zero-order valence-corrected chi connectivity index (χ0v) is 12.5. The Morgan fingerprint density at radius 1 is 1.20 bits per heavy atom. The van der Waals surface area contributed by atoms with Crippen molar-refractivity contribution in [2.24, 2.45) is 0 Å². The standard InChI is InChI=1S/C14H9BrN2O2S/c15-9-3-6-11-12(7-9)20-14(17-11)16-10-4-1-8(2-5-10)13(18)19/h1-7H,(H,16,17)(H,18,19). The Kier molecular flexibility index (Phi) is 3.42. The summed E-state index contributed by atoms with van der Waals surface area (Å²) in [4.78, 5) is 15.3. The van der Waals surface area contributed by atoms with Gasteiger partial charge in [-0.05, 0) is 42.5 Å². The maximum absolute atomic E-state index is 10.8. The number of benzene rings is 2. The summed E-state index contributed by atoms with van der Waals surface area (Å²) in [5.74, 6) is -0.929. The lowest BCUT2D eigenvalue weighted by atomic mass is 10.2. The van der Waals surface area contributed by atoms with E-state index in [0.29, 0.717) is 0 Å². The van der Waals surface area contributed by atoms with Crippen LogP contribution in [0.25, 0.3) is 10.2 Å². The first-order valence-corrected chi connectivity index (χ1v) is 7.39. The van der Waals surface area contributed by atoms with Crippen LogP contribution in [0.5, 0.6) is 0 Å². The second kappa shape index (κ2) is 5.22. The average Bonchev–Trinajstić information content (AvgIpc) is 2.80. The van der Waals surface area contributed by atoms with E-state index < -0.39 is 5.97 Å². The Morgan fingerprint density at radius 2 is 1.95 bits per heavy atom. The molecule has 0 bridgehead atoms. The number of halogens is 1. The van der Waals surface area contributed by atoms with Crippen LogP contribution in [0.4, 0.5) is 10.8 Å². The third-order valence-corrected chi connectivity index (χ3v) is 4.16. The SMILES string of the molecule is O=C(O)c1ccc(Nc2nc3ccc(Br)cc3s2)cc1. The van der Waals surface area contributed by atoms with E-state index in [0.717, 1.165) is 25.5 Å². The molecule has 3 rings (SSSR count). The number of carbonyl (C=O) groups is 1. The number of rotatable bonds is 3. The van der Waals surface area contributed by atoms with E-state index in [9.17, 15) is 4.79 Å². The van der Waals surface area contributed by atoms with E-state index in [1.807, 2.05) is 18.2 Å². The lowest BCUT2D eigenvalue weighted by Gasteiger charge is -2.02. The molecule has 0 unspecified atom stereocenters. The molecule has 0 radical (unpaired) electrons. The summed E-state index contributed by atoms with van der Waals surface area (Å²) in [5.41, 5.74) is 2.01. The highest BCUT2D eigenvalue weighted by molar-refractivity contribution is 9.10. The van der Waals surface area contributed by atoms with Gasteiger partial charge in [0.2, 0.25) is 0 Å². The normalized spacial score (nSPS) is 10.7. The minimum Gasteiger partial charge on any atom is -0.478 e. The first-order valence-electron chi connectivity index (χ1n) is 5.78. The molecule has 20 heavy (non-hydrogen) atoms. The summed E-state index contributed by atoms with van der Waals surface area (Å²) in [6.45, 7) is 0. The highest BCUT2D eigenvalue weighted by Gasteiger charge is 2.06. The second-order valence-corrected chi connectivity index (χ2v) is 6.08. The average molecular weight is 349 g/mol. The molecule has 6 heteroatoms. The van der Waals surface area contributed by atoms with Gasteiger partial charge in [0.25, 0.3) is 0 Å². The molecule has 0 fully saturated rings. The Morgan fingerprint density at radius 3 is 2.65 bits per heavy atom. The molecule has 0 amide bonds. The smallest absolute Gasteiger partial charge is 0.335 e. The number of carboxylic acids is 1. The second-order valence-electron chi connectivity index (χ2n) is 4.14. The molecule has 0 atom stereocenters. The number of nitrogens with one attached hydrogen (secondary N) is 1. The molecule has 0 saturated heterocycles. The van der Waals surface area contributed by atoms with E-state index >= 15 is 0 Å². The first kappa shape index (κ1) is 13.1. The third kappa shape index (κ3) is 2.66. The van der Waals surface area contributed by atoms with Crippen LogP contribution < -0.4 is 5.32 Å². The Hall–Kier alpha value is -1.92. The monoisotopic (exact) mass is 348 g/mol. The maximum Gasteiger partial charge on any atom is 0.335 e. The number of anilines is 2. The quantitative estimate of drug-likeness (QED) is 0.731. The number of hydrogen-bond acceptors (Lipinski definition) is 4. The van der Waals surface area contributed by atoms with Gasteiger partial charge < -0.3 is 10.4 Å². The van der Waals surface area contributed by atoms with E-state index in [2.05, 4.69) is 26.2 Å². The fraction of sp³-hybridized carbons (Fsp3) is 0. The molecule has 0 saturated carbocycles. The Bertz CT molecular complexity index is 783. The fourth-order valence-corrected chi connectivity index (χ4v) is 3.21. The van der Waals surface area contributed by atoms with Crippen molar-refractivity contribution in [3.8, 4) is 0 Å². The Balaban J connectivity index is 1.87. The van der Waals surface area contributed by atoms with Gasteiger partial charge in [-0.3, -0.25) is 0 Å². The summed E-state index contributed by atoms with van der Waals surface area (Å²) < 4.78 is 2.11. The molecule has 3 aromatic rings. The van der Waals surface area contributed by atoms with Gasteiger partial charge in [0.1, 0.15) is 0 Å². The van der Waals surface area contributed by atoms with Crippen LogP contribution in [0, 0.1) is 0 Å². The highest BCUT2D eigenvalue weighted by atomic mass is 79.9. The molecular weight excluding hydrogens is 340 g/mol. The van der Waals surface area contributed by atoms with Crippen LogP contribution in [0.15, 0.2) is 46.9 Å². The van der Waals surface area contributed by atoms with Crippen molar-refractivity contribution < 1.29 is 9.90 Å². The van der Waals surface area contributed by atoms with Crippen molar-refractivity contribution in [1.82, 2.24) is 4.98 Å². The van der Waals surface area contributed by atoms with E-state index in [4.69, 9.17) is 5.11 Å². The molecule has 0 aliphatic rings. The third-order valence-electron chi connectivity index (χ3n) is 2.73. The van der Waals surface area contributed by atoms with Gasteiger partial charge in [-0.1, -0.05) is 27.3 Å². The number of carboxylic acid groups (broad SMARTS) is 1. The summed E-state index contributed by atoms with van der Waals surface area (Å²) in [6.07, 6.45) is 0. The Labute approximate surface area is 127 Å². The molecule has 1 heterocycles. The van der Waals surface area contributed by atoms with Crippen LogP contribution >= 0.6 is 27.3 Å². The minimum absolute atomic E-state index is 0.267. The molecule has 0 aliphatic heterocycles. The number of thiazole rings is 1. The number of fused-ring (bicyclic) bond motifs is 1. The molecule has 4 nitrogen and oxygen atoms in total. The number of hydrogen-bond donors (Lipinski definition) is 2. The zero-order valence-electron chi connectivity index (χ0n) is 10.1. The van der Waals surface area contributed by atoms with E-state index in [1.54, 1.807) is 35.6 Å². The predicted octanol–water partition coefficient (Wildman–Crippen LogP) is 4.50. The van der Waals surface area contributed by atoms with Crippen molar-refractivity contribution >= 4 is 54.3 Å². The van der Waals surface area contributed by atoms with E-state index in [-0.39, 0.29) is 5.56 Å². The number of aromatic nitrogens is 1. The van der Waals surface area contributed by atoms with Crippen molar-refractivity contribution in [3.05, 3.63) is 52.5 Å². The minimum atomic E-state index is -0.929. The van der Waals surface area contributed by atoms with Crippen LogP contribution in [0.2, 0.25) is 0 Å². The van der Waals surface area contributed by atoms with Crippen LogP contribution in [0.1, 0.15) is 10.4 Å². The molecule has 2 N–H and O–H groups in total. The fourth-order valence-electron chi connectivity index (χ4n) is 1.77. The largest absolute Gasteiger partial charge is 0.478 e. The van der Waals surface area contributed by atoms with Crippen molar-refractivity contribution in [3.63, 3.8) is 0 Å². The molecule has 0 aliphatic carbocycles. The van der Waals surface area contributed by atoms with Crippen molar-refractivity contribution in [1.29, 1.82) is 0 Å². The van der Waals surface area contributed by atoms with Gasteiger partial charge in [-0.2, -0.15) is 0 Å². The van der Waals surface area contributed by atoms with Crippen LogP contribution in [-0.2, 0) is 0 Å². The molecule has 2 aromatic carbocycles. The summed E-state index contributed by atoms with van der Waals surface area (Å²) in [6, 6.07) is 12.5. The topological polar surface area (TPSA) is 62.2 Å². The molecular formula is C14H9BrN2O2S. The predicted molar refractivity (Wildman–Crippen MR) is 84.0 cm³/mol.